The van der Waals surface area contributed by atoms with Crippen LogP contribution in [0.4, 0.5) is 0 Å². The molecule has 6 heteroatoms. The van der Waals surface area contributed by atoms with Gasteiger partial charge in [-0.3, -0.25) is 5.41 Å². The number of likely N-dealkylation sites (tertiary alicyclic amines) is 1. The number of halogens is 2. The first kappa shape index (κ1) is 22.8. The van der Waals surface area contributed by atoms with Gasteiger partial charge < -0.3 is 15.5 Å². The largest absolute Gasteiger partial charge is 0.357 e. The van der Waals surface area contributed by atoms with Gasteiger partial charge in [-0.05, 0) is 57.7 Å². The second-order valence-corrected chi connectivity index (χ2v) is 6.78. The summed E-state index contributed by atoms with van der Waals surface area (Å²) in [6.07, 6.45) is 13.6. The van der Waals surface area contributed by atoms with Gasteiger partial charge in [0.2, 0.25) is 0 Å². The summed E-state index contributed by atoms with van der Waals surface area (Å²) in [7, 11) is 0. The summed E-state index contributed by atoms with van der Waals surface area (Å²) >= 11 is 0. The van der Waals surface area contributed by atoms with E-state index < -0.39 is 0 Å². The molecule has 2 fully saturated rings. The minimum Gasteiger partial charge on any atom is -0.357 e. The molecule has 1 aliphatic heterocycles. The molecule has 23 heavy (non-hydrogen) atoms. The summed E-state index contributed by atoms with van der Waals surface area (Å²) in [5.41, 5.74) is 0. The first-order valence-electron chi connectivity index (χ1n) is 9.13. The maximum atomic E-state index is 7.86. The van der Waals surface area contributed by atoms with Gasteiger partial charge in [0.05, 0.1) is 0 Å². The predicted octanol–water partition coefficient (Wildman–Crippen LogP) is 3.79. The number of hydrogen-bond donors (Lipinski definition) is 3. The molecule has 0 bridgehead atoms. The third-order valence-electron chi connectivity index (χ3n) is 4.97. The van der Waals surface area contributed by atoms with Crippen LogP contribution in [-0.2, 0) is 0 Å². The van der Waals surface area contributed by atoms with Crippen molar-refractivity contribution in [3.05, 3.63) is 0 Å². The van der Waals surface area contributed by atoms with E-state index >= 15 is 0 Å². The van der Waals surface area contributed by atoms with E-state index in [1.54, 1.807) is 0 Å². The lowest BCUT2D eigenvalue weighted by Crippen LogP contribution is -2.38. The molecule has 0 aromatic heterocycles. The maximum absolute atomic E-state index is 7.86. The van der Waals surface area contributed by atoms with Gasteiger partial charge in [0, 0.05) is 13.1 Å². The van der Waals surface area contributed by atoms with E-state index in [-0.39, 0.29) is 24.8 Å². The molecule has 0 aromatic rings. The van der Waals surface area contributed by atoms with Gasteiger partial charge in [-0.15, -0.1) is 24.8 Å². The third-order valence-corrected chi connectivity index (χ3v) is 4.97. The molecule has 0 radical (unpaired) electrons. The Morgan fingerprint density at radius 3 is 2.13 bits per heavy atom. The molecule has 0 atom stereocenters. The van der Waals surface area contributed by atoms with Crippen molar-refractivity contribution in [1.29, 1.82) is 5.41 Å². The average Bonchev–Trinajstić information content (AvgIpc) is 3.02. The van der Waals surface area contributed by atoms with Gasteiger partial charge in [-0.2, -0.15) is 0 Å². The summed E-state index contributed by atoms with van der Waals surface area (Å²) in [6.45, 7) is 5.61. The van der Waals surface area contributed by atoms with Crippen LogP contribution in [0.2, 0.25) is 0 Å². The Morgan fingerprint density at radius 2 is 1.48 bits per heavy atom. The SMILES string of the molecule is Cl.Cl.N=C(NCCCC1CCCCC1)NCCCN1CCCC1. The minimum atomic E-state index is 0. The van der Waals surface area contributed by atoms with Crippen molar-refractivity contribution in [1.82, 2.24) is 15.5 Å². The topological polar surface area (TPSA) is 51.2 Å². The Balaban J connectivity index is 0.00000242. The van der Waals surface area contributed by atoms with Crippen molar-refractivity contribution < 1.29 is 0 Å². The number of hydrogen-bond acceptors (Lipinski definition) is 2. The first-order chi connectivity index (χ1) is 10.3. The van der Waals surface area contributed by atoms with Gasteiger partial charge in [-0.1, -0.05) is 32.1 Å². The minimum absolute atomic E-state index is 0. The maximum Gasteiger partial charge on any atom is 0.188 e. The molecule has 1 saturated heterocycles. The molecule has 2 rings (SSSR count). The van der Waals surface area contributed by atoms with Crippen LogP contribution >= 0.6 is 24.8 Å². The molecule has 2 aliphatic rings. The van der Waals surface area contributed by atoms with Crippen molar-refractivity contribution in [3.8, 4) is 0 Å². The fraction of sp³-hybridized carbons (Fsp3) is 0.941. The van der Waals surface area contributed by atoms with Gasteiger partial charge in [-0.25, -0.2) is 0 Å². The fourth-order valence-corrected chi connectivity index (χ4v) is 3.66. The van der Waals surface area contributed by atoms with Gasteiger partial charge in [0.25, 0.3) is 0 Å². The molecule has 0 unspecified atom stereocenters. The number of nitrogens with zero attached hydrogens (tertiary/aromatic N) is 1. The average molecular weight is 367 g/mol. The van der Waals surface area contributed by atoms with E-state index in [4.69, 9.17) is 5.41 Å². The molecular formula is C17H36Cl2N4. The van der Waals surface area contributed by atoms with Crippen LogP contribution < -0.4 is 10.6 Å². The normalized spacial score (nSPS) is 18.8. The van der Waals surface area contributed by atoms with Gasteiger partial charge in [0.1, 0.15) is 0 Å². The molecule has 4 nitrogen and oxygen atoms in total. The van der Waals surface area contributed by atoms with Crippen molar-refractivity contribution in [2.24, 2.45) is 5.92 Å². The smallest absolute Gasteiger partial charge is 0.188 e. The van der Waals surface area contributed by atoms with Crippen molar-refractivity contribution in [2.45, 2.75) is 64.2 Å². The molecule has 0 amide bonds. The second-order valence-electron chi connectivity index (χ2n) is 6.78. The van der Waals surface area contributed by atoms with Gasteiger partial charge in [0.15, 0.2) is 5.96 Å². The van der Waals surface area contributed by atoms with E-state index in [2.05, 4.69) is 15.5 Å². The van der Waals surface area contributed by atoms with Crippen LogP contribution in [0.5, 0.6) is 0 Å². The van der Waals surface area contributed by atoms with Crippen LogP contribution in [0.15, 0.2) is 0 Å². The van der Waals surface area contributed by atoms with Crippen LogP contribution in [-0.4, -0.2) is 43.6 Å². The second kappa shape index (κ2) is 14.2. The van der Waals surface area contributed by atoms with Crippen LogP contribution in [0, 0.1) is 11.3 Å². The Bertz CT molecular complexity index is 290. The van der Waals surface area contributed by atoms with E-state index in [1.807, 2.05) is 0 Å². The lowest BCUT2D eigenvalue weighted by molar-refractivity contribution is 0.331. The summed E-state index contributed by atoms with van der Waals surface area (Å²) in [5.74, 6) is 1.48. The molecule has 3 N–H and O–H groups in total. The summed E-state index contributed by atoms with van der Waals surface area (Å²) in [6, 6.07) is 0. The fourth-order valence-electron chi connectivity index (χ4n) is 3.66. The van der Waals surface area contributed by atoms with Crippen molar-refractivity contribution in [2.75, 3.05) is 32.7 Å². The molecular weight excluding hydrogens is 331 g/mol. The van der Waals surface area contributed by atoms with Crippen LogP contribution in [0.3, 0.4) is 0 Å². The van der Waals surface area contributed by atoms with E-state index in [0.717, 1.165) is 25.4 Å². The highest BCUT2D eigenvalue weighted by Gasteiger charge is 2.12. The van der Waals surface area contributed by atoms with Crippen LogP contribution in [0.1, 0.15) is 64.2 Å². The molecule has 1 heterocycles. The third kappa shape index (κ3) is 10.3. The Labute approximate surface area is 154 Å². The Morgan fingerprint density at radius 1 is 0.870 bits per heavy atom. The molecule has 138 valence electrons. The summed E-state index contributed by atoms with van der Waals surface area (Å²) < 4.78 is 0. The zero-order valence-electron chi connectivity index (χ0n) is 14.4. The number of nitrogens with one attached hydrogen (secondary N) is 3. The monoisotopic (exact) mass is 366 g/mol. The number of guanidine groups is 1. The van der Waals surface area contributed by atoms with E-state index in [1.165, 1.54) is 77.4 Å². The number of rotatable bonds is 8. The summed E-state index contributed by atoms with van der Waals surface area (Å²) in [5, 5.41) is 14.3. The van der Waals surface area contributed by atoms with E-state index in [0.29, 0.717) is 5.96 Å². The molecule has 0 spiro atoms. The summed E-state index contributed by atoms with van der Waals surface area (Å²) in [4.78, 5) is 2.53. The molecule has 0 aromatic carbocycles. The Kier molecular flexibility index (Phi) is 14.1. The molecule has 1 aliphatic carbocycles. The zero-order chi connectivity index (χ0) is 14.8. The standard InChI is InChI=1S/C17H34N4.2ClH/c18-17(20-12-7-15-21-13-4-5-14-21)19-11-6-10-16-8-2-1-3-9-16;;/h16H,1-15H2,(H3,18,19,20);2*1H. The zero-order valence-corrected chi connectivity index (χ0v) is 16.1. The van der Waals surface area contributed by atoms with Crippen LogP contribution in [0.25, 0.3) is 0 Å². The quantitative estimate of drug-likeness (QED) is 0.348. The first-order valence-corrected chi connectivity index (χ1v) is 9.13. The highest BCUT2D eigenvalue weighted by Crippen LogP contribution is 2.26. The highest BCUT2D eigenvalue weighted by molar-refractivity contribution is 5.85. The highest BCUT2D eigenvalue weighted by atomic mass is 35.5. The lowest BCUT2D eigenvalue weighted by atomic mass is 9.86. The lowest BCUT2D eigenvalue weighted by Gasteiger charge is -2.21. The predicted molar refractivity (Wildman–Crippen MR) is 104 cm³/mol. The van der Waals surface area contributed by atoms with Crippen molar-refractivity contribution >= 4 is 30.8 Å². The van der Waals surface area contributed by atoms with E-state index in [9.17, 15) is 0 Å². The van der Waals surface area contributed by atoms with Gasteiger partial charge >= 0.3 is 0 Å². The van der Waals surface area contributed by atoms with Crippen molar-refractivity contribution in [3.63, 3.8) is 0 Å². The molecule has 1 saturated carbocycles. The Hall–Kier alpha value is -0.190.